The van der Waals surface area contributed by atoms with Gasteiger partial charge in [-0.3, -0.25) is 4.79 Å². The smallest absolute Gasteiger partial charge is 0.228 e. The van der Waals surface area contributed by atoms with Crippen LogP contribution >= 0.6 is 11.6 Å². The van der Waals surface area contributed by atoms with Crippen LogP contribution in [-0.2, 0) is 11.2 Å². The lowest BCUT2D eigenvalue weighted by molar-refractivity contribution is -0.115. The van der Waals surface area contributed by atoms with E-state index >= 15 is 0 Å². The third kappa shape index (κ3) is 3.80. The molecule has 0 saturated carbocycles. The van der Waals surface area contributed by atoms with Crippen molar-refractivity contribution in [2.24, 2.45) is 0 Å². The first kappa shape index (κ1) is 13.6. The monoisotopic (exact) mass is 274 g/mol. The second kappa shape index (κ2) is 5.85. The summed E-state index contributed by atoms with van der Waals surface area (Å²) in [5.74, 6) is -0.0643. The molecule has 1 N–H and O–H groups in total. The molecule has 1 aromatic heterocycles. The summed E-state index contributed by atoms with van der Waals surface area (Å²) >= 11 is 5.76. The largest absolute Gasteiger partial charge is 0.326 e. The van der Waals surface area contributed by atoms with E-state index in [0.29, 0.717) is 17.3 Å². The molecule has 2 rings (SSSR count). The van der Waals surface area contributed by atoms with Crippen LogP contribution in [0, 0.1) is 13.8 Å². The number of hydrogen-bond donors (Lipinski definition) is 1. The van der Waals surface area contributed by atoms with Crippen LogP contribution in [0.3, 0.4) is 0 Å². The van der Waals surface area contributed by atoms with Crippen LogP contribution in [-0.4, -0.2) is 10.9 Å². The molecule has 1 heterocycles. The van der Waals surface area contributed by atoms with Crippen molar-refractivity contribution in [3.63, 3.8) is 0 Å². The van der Waals surface area contributed by atoms with Crippen molar-refractivity contribution in [1.29, 1.82) is 0 Å². The number of benzene rings is 1. The van der Waals surface area contributed by atoms with Crippen molar-refractivity contribution in [2.75, 3.05) is 5.32 Å². The minimum atomic E-state index is -0.0643. The number of pyridine rings is 1. The molecule has 0 aliphatic heterocycles. The summed E-state index contributed by atoms with van der Waals surface area (Å²) in [5, 5.41) is 3.17. The molecule has 98 valence electrons. The van der Waals surface area contributed by atoms with Crippen LogP contribution in [0.5, 0.6) is 0 Å². The first-order chi connectivity index (χ1) is 9.04. The maximum Gasteiger partial charge on any atom is 0.228 e. The summed E-state index contributed by atoms with van der Waals surface area (Å²) in [7, 11) is 0. The van der Waals surface area contributed by atoms with Crippen molar-refractivity contribution in [3.8, 4) is 0 Å². The number of aryl methyl sites for hydroxylation is 2. The molecular formula is C15H15ClN2O. The van der Waals surface area contributed by atoms with Crippen LogP contribution in [0.15, 0.2) is 36.5 Å². The Morgan fingerprint density at radius 1 is 1.21 bits per heavy atom. The third-order valence-corrected chi connectivity index (χ3v) is 3.15. The van der Waals surface area contributed by atoms with E-state index in [9.17, 15) is 4.79 Å². The van der Waals surface area contributed by atoms with E-state index in [1.165, 1.54) is 11.1 Å². The highest BCUT2D eigenvalue weighted by molar-refractivity contribution is 6.29. The van der Waals surface area contributed by atoms with Gasteiger partial charge in [-0.2, -0.15) is 0 Å². The Morgan fingerprint density at radius 2 is 2.00 bits per heavy atom. The SMILES string of the molecule is Cc1ccc(CC(=O)Nc2ccnc(Cl)c2)cc1C. The Balaban J connectivity index is 2.03. The maximum absolute atomic E-state index is 11.9. The maximum atomic E-state index is 11.9. The number of amides is 1. The topological polar surface area (TPSA) is 42.0 Å². The molecule has 0 bridgehead atoms. The number of halogens is 1. The fourth-order valence-corrected chi connectivity index (χ4v) is 1.96. The first-order valence-electron chi connectivity index (χ1n) is 6.02. The Labute approximate surface area is 117 Å². The number of carbonyl (C=O) groups excluding carboxylic acids is 1. The van der Waals surface area contributed by atoms with Crippen LogP contribution in [0.25, 0.3) is 0 Å². The summed E-state index contributed by atoms with van der Waals surface area (Å²) in [5.41, 5.74) is 4.08. The zero-order chi connectivity index (χ0) is 13.8. The Kier molecular flexibility index (Phi) is 4.17. The summed E-state index contributed by atoms with van der Waals surface area (Å²) in [4.78, 5) is 15.8. The number of aromatic nitrogens is 1. The molecule has 19 heavy (non-hydrogen) atoms. The molecule has 0 radical (unpaired) electrons. The molecule has 0 atom stereocenters. The molecule has 0 saturated heterocycles. The highest BCUT2D eigenvalue weighted by atomic mass is 35.5. The summed E-state index contributed by atoms with van der Waals surface area (Å²) in [6.07, 6.45) is 1.91. The molecule has 4 heteroatoms. The average Bonchev–Trinajstić information content (AvgIpc) is 2.34. The quantitative estimate of drug-likeness (QED) is 0.870. The van der Waals surface area contributed by atoms with Gasteiger partial charge in [0.1, 0.15) is 5.15 Å². The predicted octanol–water partition coefficient (Wildman–Crippen LogP) is 3.53. The van der Waals surface area contributed by atoms with Gasteiger partial charge < -0.3 is 5.32 Å². The van der Waals surface area contributed by atoms with Gasteiger partial charge in [-0.25, -0.2) is 4.98 Å². The summed E-state index contributed by atoms with van der Waals surface area (Å²) in [6.45, 7) is 4.09. The number of rotatable bonds is 3. The molecule has 0 aliphatic rings. The Morgan fingerprint density at radius 3 is 2.68 bits per heavy atom. The van der Waals surface area contributed by atoms with Crippen molar-refractivity contribution < 1.29 is 4.79 Å². The Hall–Kier alpha value is -1.87. The van der Waals surface area contributed by atoms with E-state index in [4.69, 9.17) is 11.6 Å². The third-order valence-electron chi connectivity index (χ3n) is 2.95. The van der Waals surface area contributed by atoms with Crippen molar-refractivity contribution in [3.05, 3.63) is 58.4 Å². The first-order valence-corrected chi connectivity index (χ1v) is 6.40. The molecule has 0 aliphatic carbocycles. The number of anilines is 1. The van der Waals surface area contributed by atoms with Gasteiger partial charge in [-0.1, -0.05) is 29.8 Å². The molecular weight excluding hydrogens is 260 g/mol. The fraction of sp³-hybridized carbons (Fsp3) is 0.200. The van der Waals surface area contributed by atoms with Crippen LogP contribution in [0.2, 0.25) is 5.15 Å². The molecule has 3 nitrogen and oxygen atoms in total. The van der Waals surface area contributed by atoms with Crippen LogP contribution < -0.4 is 5.32 Å². The van der Waals surface area contributed by atoms with E-state index < -0.39 is 0 Å². The van der Waals surface area contributed by atoms with E-state index in [2.05, 4.69) is 17.2 Å². The van der Waals surface area contributed by atoms with Crippen molar-refractivity contribution in [2.45, 2.75) is 20.3 Å². The molecule has 1 amide bonds. The molecule has 0 fully saturated rings. The van der Waals surface area contributed by atoms with Gasteiger partial charge in [-0.05, 0) is 42.7 Å². The highest BCUT2D eigenvalue weighted by Crippen LogP contribution is 2.14. The minimum Gasteiger partial charge on any atom is -0.326 e. The van der Waals surface area contributed by atoms with Crippen molar-refractivity contribution >= 4 is 23.2 Å². The van der Waals surface area contributed by atoms with E-state index in [1.54, 1.807) is 18.3 Å². The molecule has 0 unspecified atom stereocenters. The standard InChI is InChI=1S/C15H15ClN2O/c1-10-3-4-12(7-11(10)2)8-15(19)18-13-5-6-17-14(16)9-13/h3-7,9H,8H2,1-2H3,(H,17,18,19). The second-order valence-electron chi connectivity index (χ2n) is 4.51. The predicted molar refractivity (Wildman–Crippen MR) is 77.5 cm³/mol. The number of carbonyl (C=O) groups is 1. The number of nitrogens with zero attached hydrogens (tertiary/aromatic N) is 1. The average molecular weight is 275 g/mol. The van der Waals surface area contributed by atoms with Crippen LogP contribution in [0.4, 0.5) is 5.69 Å². The number of nitrogens with one attached hydrogen (secondary N) is 1. The van der Waals surface area contributed by atoms with E-state index in [1.807, 2.05) is 25.1 Å². The summed E-state index contributed by atoms with van der Waals surface area (Å²) < 4.78 is 0. The minimum absolute atomic E-state index is 0.0643. The zero-order valence-corrected chi connectivity index (χ0v) is 11.7. The normalized spacial score (nSPS) is 10.3. The van der Waals surface area contributed by atoms with Crippen molar-refractivity contribution in [1.82, 2.24) is 4.98 Å². The van der Waals surface area contributed by atoms with Gasteiger partial charge in [0.2, 0.25) is 5.91 Å². The molecule has 1 aromatic carbocycles. The van der Waals surface area contributed by atoms with Gasteiger partial charge in [0.15, 0.2) is 0 Å². The lowest BCUT2D eigenvalue weighted by Gasteiger charge is -2.07. The lowest BCUT2D eigenvalue weighted by atomic mass is 10.0. The van der Waals surface area contributed by atoms with Gasteiger partial charge in [0.05, 0.1) is 6.42 Å². The zero-order valence-electron chi connectivity index (χ0n) is 10.9. The fourth-order valence-electron chi connectivity index (χ4n) is 1.78. The van der Waals surface area contributed by atoms with Gasteiger partial charge in [0, 0.05) is 11.9 Å². The van der Waals surface area contributed by atoms with Crippen LogP contribution in [0.1, 0.15) is 16.7 Å². The van der Waals surface area contributed by atoms with Gasteiger partial charge in [0.25, 0.3) is 0 Å². The van der Waals surface area contributed by atoms with Gasteiger partial charge >= 0.3 is 0 Å². The van der Waals surface area contributed by atoms with E-state index in [0.717, 1.165) is 5.56 Å². The van der Waals surface area contributed by atoms with Gasteiger partial charge in [-0.15, -0.1) is 0 Å². The highest BCUT2D eigenvalue weighted by Gasteiger charge is 2.05. The second-order valence-corrected chi connectivity index (χ2v) is 4.90. The van der Waals surface area contributed by atoms with E-state index in [-0.39, 0.29) is 5.91 Å². The molecule has 2 aromatic rings. The lowest BCUT2D eigenvalue weighted by Crippen LogP contribution is -2.14. The molecule has 0 spiro atoms. The summed E-state index contributed by atoms with van der Waals surface area (Å²) in [6, 6.07) is 9.38. The number of hydrogen-bond acceptors (Lipinski definition) is 2. The Bertz CT molecular complexity index is 611.